The number of halogens is 1. The summed E-state index contributed by atoms with van der Waals surface area (Å²) in [7, 11) is -4.37. The van der Waals surface area contributed by atoms with Crippen LogP contribution in [0.2, 0.25) is 0 Å². The van der Waals surface area contributed by atoms with E-state index in [2.05, 4.69) is 20.2 Å². The van der Waals surface area contributed by atoms with Crippen LogP contribution >= 0.6 is 7.75 Å². The number of fused-ring (bicyclic) bond motifs is 1. The average molecular weight is 622 g/mol. The maximum absolute atomic E-state index is 16.7. The summed E-state index contributed by atoms with van der Waals surface area (Å²) in [5.74, 6) is -1.74. The number of ether oxygens (including phenoxy) is 3. The van der Waals surface area contributed by atoms with Crippen molar-refractivity contribution in [3.05, 3.63) is 54.2 Å². The lowest BCUT2D eigenvalue weighted by atomic mass is 9.93. The predicted octanol–water partition coefficient (Wildman–Crippen LogP) is 4.30. The van der Waals surface area contributed by atoms with E-state index < -0.39 is 61.7 Å². The van der Waals surface area contributed by atoms with Crippen LogP contribution in [0.5, 0.6) is 5.75 Å². The number of benzene rings is 1. The van der Waals surface area contributed by atoms with Crippen molar-refractivity contribution in [2.24, 2.45) is 5.92 Å². The molecule has 1 N–H and O–H groups in total. The van der Waals surface area contributed by atoms with Crippen molar-refractivity contribution < 1.29 is 41.8 Å². The first-order valence-corrected chi connectivity index (χ1v) is 15.4. The second kappa shape index (κ2) is 12.7. The number of alkyl halides is 1. The molecule has 43 heavy (non-hydrogen) atoms. The zero-order valence-corrected chi connectivity index (χ0v) is 26.0. The van der Waals surface area contributed by atoms with E-state index in [4.69, 9.17) is 23.3 Å². The molecular weight excluding hydrogens is 584 g/mol. The predicted molar refractivity (Wildman–Crippen MR) is 152 cm³/mol. The molecular formula is C28H37FN5O8P. The minimum absolute atomic E-state index is 0.0949. The third kappa shape index (κ3) is 7.04. The van der Waals surface area contributed by atoms with Gasteiger partial charge in [-0.3, -0.25) is 14.1 Å². The number of nitrogens with one attached hydrogen (secondary N) is 1. The van der Waals surface area contributed by atoms with E-state index in [1.165, 1.54) is 37.8 Å². The highest BCUT2D eigenvalue weighted by molar-refractivity contribution is 7.52. The molecule has 5 atom stereocenters. The van der Waals surface area contributed by atoms with Crippen LogP contribution in [-0.4, -0.2) is 68.2 Å². The number of carbonyl (C=O) groups excluding carboxylic acids is 2. The first-order valence-electron chi connectivity index (χ1n) is 13.8. The Kier molecular flexibility index (Phi) is 9.55. The van der Waals surface area contributed by atoms with Gasteiger partial charge in [0.1, 0.15) is 29.8 Å². The Hall–Kier alpha value is -3.45. The Morgan fingerprint density at radius 3 is 2.58 bits per heavy atom. The van der Waals surface area contributed by atoms with Crippen LogP contribution in [0.1, 0.15) is 59.0 Å². The largest absolute Gasteiger partial charge is 0.465 e. The summed E-state index contributed by atoms with van der Waals surface area (Å²) >= 11 is 0. The Balaban J connectivity index is 1.67. The minimum atomic E-state index is -4.37. The molecule has 0 aliphatic carbocycles. The van der Waals surface area contributed by atoms with Gasteiger partial charge in [-0.25, -0.2) is 23.4 Å². The van der Waals surface area contributed by atoms with E-state index in [0.717, 1.165) is 0 Å². The van der Waals surface area contributed by atoms with Gasteiger partial charge in [-0.05, 0) is 46.8 Å². The molecule has 1 fully saturated rings. The Labute approximate surface area is 249 Å². The molecule has 15 heteroatoms. The van der Waals surface area contributed by atoms with Crippen molar-refractivity contribution in [1.29, 1.82) is 0 Å². The summed E-state index contributed by atoms with van der Waals surface area (Å²) in [5.41, 5.74) is -2.58. The molecule has 1 unspecified atom stereocenters. The number of esters is 2. The summed E-state index contributed by atoms with van der Waals surface area (Å²) in [5, 5.41) is 6.83. The van der Waals surface area contributed by atoms with Crippen LogP contribution in [0, 0.1) is 12.8 Å². The monoisotopic (exact) mass is 621 g/mol. The second-order valence-electron chi connectivity index (χ2n) is 11.1. The van der Waals surface area contributed by atoms with Crippen LogP contribution < -0.4 is 9.61 Å². The number of aryl methyl sites for hydroxylation is 1. The Bertz CT molecular complexity index is 1500. The van der Waals surface area contributed by atoms with Crippen LogP contribution in [0.15, 0.2) is 42.9 Å². The van der Waals surface area contributed by atoms with E-state index in [-0.39, 0.29) is 18.1 Å². The van der Waals surface area contributed by atoms with Gasteiger partial charge in [0.2, 0.25) is 0 Å². The molecule has 0 bridgehead atoms. The summed E-state index contributed by atoms with van der Waals surface area (Å²) in [6.45, 7) is 10.3. The standard InChI is InChI=1S/C28H37FN5O8P/c1-8-38-26(36)27(5,6)33-43(37,42-19-12-10-9-11-13-19)39-15-21-23(41-25(35)17(2)3)28(7,29)22(40-21)20-14-30-24-18(4)31-16-32-34(20)24/h9-14,16-17,21-23H,8,15H2,1-7H3,(H,33,37)/t21-,22+,23-,28+,43?/m1/s1. The first kappa shape index (κ1) is 32.5. The lowest BCUT2D eigenvalue weighted by molar-refractivity contribution is -0.162. The highest BCUT2D eigenvalue weighted by Crippen LogP contribution is 2.50. The quantitative estimate of drug-likeness (QED) is 0.227. The molecule has 2 aromatic heterocycles. The van der Waals surface area contributed by atoms with Crippen LogP contribution in [-0.2, 0) is 32.9 Å². The van der Waals surface area contributed by atoms with Crippen molar-refractivity contribution in [3.8, 4) is 5.75 Å². The summed E-state index contributed by atoms with van der Waals surface area (Å²) in [6.07, 6.45) is -1.32. The van der Waals surface area contributed by atoms with Gasteiger partial charge in [0.05, 0.1) is 36.7 Å². The fourth-order valence-electron chi connectivity index (χ4n) is 4.53. The number of nitrogens with zero attached hydrogens (tertiary/aromatic N) is 4. The van der Waals surface area contributed by atoms with Gasteiger partial charge in [-0.2, -0.15) is 10.2 Å². The van der Waals surface area contributed by atoms with Crippen molar-refractivity contribution >= 4 is 25.3 Å². The molecule has 1 aliphatic rings. The van der Waals surface area contributed by atoms with Gasteiger partial charge in [-0.15, -0.1) is 0 Å². The van der Waals surface area contributed by atoms with Gasteiger partial charge in [0.15, 0.2) is 17.4 Å². The van der Waals surface area contributed by atoms with Crippen LogP contribution in [0.3, 0.4) is 0 Å². The molecule has 13 nitrogen and oxygen atoms in total. The average Bonchev–Trinajstić information content (AvgIpc) is 3.46. The number of aromatic nitrogens is 4. The first-order chi connectivity index (χ1) is 20.2. The molecule has 0 amide bonds. The maximum atomic E-state index is 16.7. The summed E-state index contributed by atoms with van der Waals surface area (Å²) < 4.78 is 60.6. The van der Waals surface area contributed by atoms with Gasteiger partial charge < -0.3 is 18.7 Å². The van der Waals surface area contributed by atoms with Crippen molar-refractivity contribution in [2.45, 2.75) is 78.0 Å². The van der Waals surface area contributed by atoms with Crippen LogP contribution in [0.4, 0.5) is 4.39 Å². The van der Waals surface area contributed by atoms with Gasteiger partial charge in [0.25, 0.3) is 0 Å². The molecule has 3 aromatic rings. The molecule has 0 radical (unpaired) electrons. The molecule has 0 spiro atoms. The topological polar surface area (TPSA) is 152 Å². The number of hydrogen-bond donors (Lipinski definition) is 1. The number of imidazole rings is 1. The summed E-state index contributed by atoms with van der Waals surface area (Å²) in [6, 6.07) is 8.18. The van der Waals surface area contributed by atoms with Gasteiger partial charge in [-0.1, -0.05) is 32.0 Å². The lowest BCUT2D eigenvalue weighted by Gasteiger charge is -2.30. The Morgan fingerprint density at radius 1 is 1.23 bits per heavy atom. The zero-order chi connectivity index (χ0) is 31.6. The van der Waals surface area contributed by atoms with Crippen LogP contribution in [0.25, 0.3) is 5.65 Å². The van der Waals surface area contributed by atoms with E-state index >= 15 is 4.39 Å². The van der Waals surface area contributed by atoms with Crippen molar-refractivity contribution in [2.75, 3.05) is 13.2 Å². The fourth-order valence-corrected chi connectivity index (χ4v) is 6.21. The molecule has 1 aliphatic heterocycles. The minimum Gasteiger partial charge on any atom is -0.465 e. The molecule has 1 aromatic carbocycles. The highest BCUT2D eigenvalue weighted by Gasteiger charge is 2.59. The number of carbonyl (C=O) groups is 2. The number of para-hydroxylation sites is 1. The Morgan fingerprint density at radius 2 is 1.93 bits per heavy atom. The number of rotatable bonds is 12. The van der Waals surface area contributed by atoms with E-state index in [0.29, 0.717) is 11.3 Å². The number of hydrogen-bond acceptors (Lipinski definition) is 11. The van der Waals surface area contributed by atoms with Crippen molar-refractivity contribution in [3.63, 3.8) is 0 Å². The third-order valence-electron chi connectivity index (χ3n) is 6.79. The molecule has 3 heterocycles. The van der Waals surface area contributed by atoms with Gasteiger partial charge in [0, 0.05) is 0 Å². The lowest BCUT2D eigenvalue weighted by Crippen LogP contribution is -2.48. The fraction of sp³-hybridized carbons (Fsp3) is 0.536. The maximum Gasteiger partial charge on any atom is 0.459 e. The van der Waals surface area contributed by atoms with Crippen molar-refractivity contribution in [1.82, 2.24) is 24.7 Å². The second-order valence-corrected chi connectivity index (χ2v) is 12.8. The molecule has 1 saturated heterocycles. The third-order valence-corrected chi connectivity index (χ3v) is 8.56. The highest BCUT2D eigenvalue weighted by atomic mass is 31.2. The smallest absolute Gasteiger partial charge is 0.459 e. The zero-order valence-electron chi connectivity index (χ0n) is 25.1. The SMILES string of the molecule is CCOC(=O)C(C)(C)NP(=O)(OC[C@H]1O[C@@H](c2cnc3c(C)ncnn23)[C@](C)(F)[C@@H]1OC(=O)C(C)C)Oc1ccccc1. The van der Waals surface area contributed by atoms with E-state index in [1.807, 2.05) is 0 Å². The normalized spacial score (nSPS) is 23.7. The molecule has 0 saturated carbocycles. The molecule has 4 rings (SSSR count). The summed E-state index contributed by atoms with van der Waals surface area (Å²) in [4.78, 5) is 33.7. The van der Waals surface area contributed by atoms with E-state index in [1.54, 1.807) is 58.0 Å². The van der Waals surface area contributed by atoms with E-state index in [9.17, 15) is 14.2 Å². The van der Waals surface area contributed by atoms with Gasteiger partial charge >= 0.3 is 19.7 Å². The molecule has 234 valence electrons.